The summed E-state index contributed by atoms with van der Waals surface area (Å²) >= 11 is 0. The number of urea groups is 1. The number of carbonyl (C=O) groups is 2. The summed E-state index contributed by atoms with van der Waals surface area (Å²) in [7, 11) is 0. The Morgan fingerprint density at radius 2 is 1.68 bits per heavy atom. The minimum absolute atomic E-state index is 0.0518. The number of nitrogens with zero attached hydrogens (tertiary/aromatic N) is 2. The van der Waals surface area contributed by atoms with Gasteiger partial charge in [0, 0.05) is 61.9 Å². The van der Waals surface area contributed by atoms with Gasteiger partial charge in [-0.3, -0.25) is 9.69 Å². The van der Waals surface area contributed by atoms with Gasteiger partial charge in [-0.1, -0.05) is 60.7 Å². The molecule has 1 fully saturated rings. The zero-order valence-electron chi connectivity index (χ0n) is 21.1. The second-order valence-corrected chi connectivity index (χ2v) is 9.67. The number of nitrogens with one attached hydrogen (secondary N) is 3. The zero-order chi connectivity index (χ0) is 25.6. The van der Waals surface area contributed by atoms with Crippen molar-refractivity contribution in [2.24, 2.45) is 0 Å². The summed E-state index contributed by atoms with van der Waals surface area (Å²) in [5.41, 5.74) is 5.05. The van der Waals surface area contributed by atoms with E-state index in [1.165, 1.54) is 5.56 Å². The number of carbonyl (C=O) groups excluding carboxylic acids is 2. The highest BCUT2D eigenvalue weighted by Gasteiger charge is 2.29. The van der Waals surface area contributed by atoms with Crippen LogP contribution in [0.5, 0.6) is 0 Å². The Morgan fingerprint density at radius 3 is 2.46 bits per heavy atom. The lowest BCUT2D eigenvalue weighted by Crippen LogP contribution is -2.55. The number of hydrogen-bond acceptors (Lipinski definition) is 3. The Hall–Kier alpha value is -4.10. The van der Waals surface area contributed by atoms with Gasteiger partial charge in [-0.25, -0.2) is 4.79 Å². The van der Waals surface area contributed by atoms with E-state index in [2.05, 4.69) is 44.8 Å². The molecule has 0 saturated carbocycles. The summed E-state index contributed by atoms with van der Waals surface area (Å²) in [4.78, 5) is 34.2. The van der Waals surface area contributed by atoms with Crippen LogP contribution in [0, 0.1) is 6.92 Å². The predicted molar refractivity (Wildman–Crippen MR) is 147 cm³/mol. The lowest BCUT2D eigenvalue weighted by atomic mass is 10.0. The molecule has 0 spiro atoms. The maximum absolute atomic E-state index is 13.7. The molecular weight excluding hydrogens is 462 g/mol. The van der Waals surface area contributed by atoms with Crippen LogP contribution in [0.15, 0.2) is 85.1 Å². The van der Waals surface area contributed by atoms with E-state index in [4.69, 9.17) is 0 Å². The maximum atomic E-state index is 13.7. The molecule has 7 nitrogen and oxygen atoms in total. The summed E-state index contributed by atoms with van der Waals surface area (Å²) < 4.78 is 0. The predicted octanol–water partition coefficient (Wildman–Crippen LogP) is 4.55. The van der Waals surface area contributed by atoms with Crippen LogP contribution in [0.2, 0.25) is 0 Å². The van der Waals surface area contributed by atoms with E-state index >= 15 is 0 Å². The zero-order valence-corrected chi connectivity index (χ0v) is 21.1. The molecule has 1 aromatic heterocycles. The van der Waals surface area contributed by atoms with Gasteiger partial charge in [0.15, 0.2) is 0 Å². The Labute approximate surface area is 217 Å². The average Bonchev–Trinajstić information content (AvgIpc) is 3.32. The van der Waals surface area contributed by atoms with E-state index in [1.807, 2.05) is 72.6 Å². The first-order valence-corrected chi connectivity index (χ1v) is 12.8. The second kappa shape index (κ2) is 11.3. The SMILES string of the molecule is Cc1cccc(NC(=O)NC(Cc2c[nH]c3ccccc23)C(=O)N2CCN(Cc3ccccc3)CC2)c1. The van der Waals surface area contributed by atoms with E-state index in [-0.39, 0.29) is 11.9 Å². The van der Waals surface area contributed by atoms with Crippen LogP contribution in [-0.2, 0) is 17.8 Å². The van der Waals surface area contributed by atoms with Gasteiger partial charge in [0.05, 0.1) is 0 Å². The molecule has 1 atom stereocenters. The molecule has 0 radical (unpaired) electrons. The Balaban J connectivity index is 1.28. The molecule has 1 aliphatic rings. The fourth-order valence-corrected chi connectivity index (χ4v) is 4.96. The number of aromatic nitrogens is 1. The highest BCUT2D eigenvalue weighted by Crippen LogP contribution is 2.20. The number of aromatic amines is 1. The van der Waals surface area contributed by atoms with Crippen molar-refractivity contribution in [3.05, 3.63) is 102 Å². The third kappa shape index (κ3) is 6.19. The van der Waals surface area contributed by atoms with Crippen molar-refractivity contribution < 1.29 is 9.59 Å². The minimum Gasteiger partial charge on any atom is -0.361 e. The molecule has 0 aliphatic carbocycles. The monoisotopic (exact) mass is 495 g/mol. The summed E-state index contributed by atoms with van der Waals surface area (Å²) in [5.74, 6) is -0.0518. The third-order valence-electron chi connectivity index (χ3n) is 6.91. The number of rotatable bonds is 7. The van der Waals surface area contributed by atoms with Gasteiger partial charge in [-0.05, 0) is 41.8 Å². The molecule has 3 amide bonds. The number of fused-ring (bicyclic) bond motifs is 1. The Kier molecular flexibility index (Phi) is 7.51. The molecule has 0 bridgehead atoms. The molecule has 37 heavy (non-hydrogen) atoms. The number of benzene rings is 3. The van der Waals surface area contributed by atoms with E-state index in [0.29, 0.717) is 25.2 Å². The molecule has 5 rings (SSSR count). The average molecular weight is 496 g/mol. The summed E-state index contributed by atoms with van der Waals surface area (Å²) in [6, 6.07) is 25.0. The highest BCUT2D eigenvalue weighted by atomic mass is 16.2. The molecule has 1 unspecified atom stereocenters. The third-order valence-corrected chi connectivity index (χ3v) is 6.91. The molecular formula is C30H33N5O2. The molecule has 190 valence electrons. The molecule has 2 heterocycles. The van der Waals surface area contributed by atoms with E-state index < -0.39 is 6.04 Å². The van der Waals surface area contributed by atoms with Crippen LogP contribution in [0.4, 0.5) is 10.5 Å². The van der Waals surface area contributed by atoms with Crippen molar-refractivity contribution in [2.45, 2.75) is 25.9 Å². The number of piperazine rings is 1. The van der Waals surface area contributed by atoms with Crippen LogP contribution < -0.4 is 10.6 Å². The van der Waals surface area contributed by atoms with Crippen LogP contribution >= 0.6 is 0 Å². The van der Waals surface area contributed by atoms with Crippen LogP contribution in [0.25, 0.3) is 10.9 Å². The van der Waals surface area contributed by atoms with E-state index in [1.54, 1.807) is 0 Å². The number of aryl methyl sites for hydroxylation is 1. The molecule has 3 N–H and O–H groups in total. The number of amides is 3. The number of hydrogen-bond donors (Lipinski definition) is 3. The molecule has 1 aliphatic heterocycles. The van der Waals surface area contributed by atoms with Gasteiger partial charge in [0.2, 0.25) is 5.91 Å². The smallest absolute Gasteiger partial charge is 0.319 e. The van der Waals surface area contributed by atoms with Gasteiger partial charge in [0.1, 0.15) is 6.04 Å². The first-order valence-electron chi connectivity index (χ1n) is 12.8. The van der Waals surface area contributed by atoms with Crippen molar-refractivity contribution in [3.8, 4) is 0 Å². The normalized spacial score (nSPS) is 14.9. The lowest BCUT2D eigenvalue weighted by molar-refractivity contribution is -0.135. The minimum atomic E-state index is -0.676. The lowest BCUT2D eigenvalue weighted by Gasteiger charge is -2.36. The Morgan fingerprint density at radius 1 is 0.919 bits per heavy atom. The molecule has 4 aromatic rings. The van der Waals surface area contributed by atoms with Gasteiger partial charge < -0.3 is 20.5 Å². The second-order valence-electron chi connectivity index (χ2n) is 9.67. The van der Waals surface area contributed by atoms with Crippen LogP contribution in [0.3, 0.4) is 0 Å². The molecule has 3 aromatic carbocycles. The van der Waals surface area contributed by atoms with Crippen LogP contribution in [0.1, 0.15) is 16.7 Å². The summed E-state index contributed by atoms with van der Waals surface area (Å²) in [6.45, 7) is 5.73. The summed E-state index contributed by atoms with van der Waals surface area (Å²) in [5, 5.41) is 6.92. The van der Waals surface area contributed by atoms with Gasteiger partial charge >= 0.3 is 6.03 Å². The number of anilines is 1. The molecule has 1 saturated heterocycles. The molecule has 7 heteroatoms. The van der Waals surface area contributed by atoms with Crippen molar-refractivity contribution in [2.75, 3.05) is 31.5 Å². The standard InChI is InChI=1S/C30H33N5O2/c1-22-8-7-11-25(18-22)32-30(37)33-28(19-24-20-31-27-13-6-5-12-26(24)27)29(36)35-16-14-34(15-17-35)21-23-9-3-2-4-10-23/h2-13,18,20,28,31H,14-17,19,21H2,1H3,(H2,32,33,37). The first-order chi connectivity index (χ1) is 18.0. The van der Waals surface area contributed by atoms with Crippen molar-refractivity contribution in [1.82, 2.24) is 20.1 Å². The van der Waals surface area contributed by atoms with Crippen LogP contribution in [-0.4, -0.2) is 58.9 Å². The fraction of sp³-hybridized carbons (Fsp3) is 0.267. The van der Waals surface area contributed by atoms with Crippen molar-refractivity contribution >= 4 is 28.5 Å². The first kappa shape index (κ1) is 24.6. The van der Waals surface area contributed by atoms with Crippen molar-refractivity contribution in [1.29, 1.82) is 0 Å². The topological polar surface area (TPSA) is 80.5 Å². The van der Waals surface area contributed by atoms with Gasteiger partial charge in [-0.15, -0.1) is 0 Å². The van der Waals surface area contributed by atoms with E-state index in [9.17, 15) is 9.59 Å². The number of para-hydroxylation sites is 1. The quantitative estimate of drug-likeness (QED) is 0.352. The maximum Gasteiger partial charge on any atom is 0.319 e. The van der Waals surface area contributed by atoms with Crippen molar-refractivity contribution in [3.63, 3.8) is 0 Å². The Bertz CT molecular complexity index is 1360. The van der Waals surface area contributed by atoms with E-state index in [0.717, 1.165) is 41.7 Å². The highest BCUT2D eigenvalue weighted by molar-refractivity contribution is 5.94. The summed E-state index contributed by atoms with van der Waals surface area (Å²) in [6.07, 6.45) is 2.34. The van der Waals surface area contributed by atoms with Gasteiger partial charge in [0.25, 0.3) is 0 Å². The largest absolute Gasteiger partial charge is 0.361 e. The number of H-pyrrole nitrogens is 1. The van der Waals surface area contributed by atoms with Gasteiger partial charge in [-0.2, -0.15) is 0 Å². The fourth-order valence-electron chi connectivity index (χ4n) is 4.96.